The average Bonchev–Trinajstić information content (AvgIpc) is 3.40. The van der Waals surface area contributed by atoms with Gasteiger partial charge in [0.25, 0.3) is 5.91 Å². The molecule has 1 saturated carbocycles. The molecule has 2 unspecified atom stereocenters. The van der Waals surface area contributed by atoms with Crippen molar-refractivity contribution in [2.24, 2.45) is 5.92 Å². The molecule has 2 atom stereocenters. The normalized spacial score (nSPS) is 21.0. The zero-order chi connectivity index (χ0) is 24.3. The molecule has 0 N–H and O–H groups in total. The number of anilines is 1. The molecule has 1 aliphatic heterocycles. The summed E-state index contributed by atoms with van der Waals surface area (Å²) >= 11 is 16.8. The first-order valence-electron chi connectivity index (χ1n) is 11.0. The standard InChI is InChI=1S/C27H24BrCl2NO3/c1-26(2)24-21(27(24,29)30)20-13-12-17(22(33-3)23(20)34-26)15-31(19-11-7-10-18(28)14-19)25(32)16-8-5-4-6-9-16/h4-14,21,24H,15H2,1-3H3. The Hall–Kier alpha value is -2.21. The van der Waals surface area contributed by atoms with Gasteiger partial charge in [0, 0.05) is 38.7 Å². The van der Waals surface area contributed by atoms with Crippen molar-refractivity contribution in [3.8, 4) is 11.5 Å². The van der Waals surface area contributed by atoms with E-state index in [1.165, 1.54) is 0 Å². The van der Waals surface area contributed by atoms with Crippen LogP contribution in [0.4, 0.5) is 5.69 Å². The number of alkyl halides is 2. The first-order valence-corrected chi connectivity index (χ1v) is 12.6. The lowest BCUT2D eigenvalue weighted by Gasteiger charge is -2.34. The highest BCUT2D eigenvalue weighted by Gasteiger charge is 2.73. The van der Waals surface area contributed by atoms with Crippen LogP contribution in [0.15, 0.2) is 71.2 Å². The van der Waals surface area contributed by atoms with Gasteiger partial charge in [0.05, 0.1) is 13.7 Å². The molecule has 34 heavy (non-hydrogen) atoms. The first kappa shape index (κ1) is 23.5. The van der Waals surface area contributed by atoms with E-state index >= 15 is 0 Å². The van der Waals surface area contributed by atoms with E-state index in [1.54, 1.807) is 12.0 Å². The highest BCUT2D eigenvalue weighted by atomic mass is 79.9. The summed E-state index contributed by atoms with van der Waals surface area (Å²) in [6.07, 6.45) is 0. The Bertz CT molecular complexity index is 1260. The zero-order valence-corrected chi connectivity index (χ0v) is 22.1. The molecule has 4 nitrogen and oxygen atoms in total. The van der Waals surface area contributed by atoms with Gasteiger partial charge in [-0.05, 0) is 44.2 Å². The fraction of sp³-hybridized carbons (Fsp3) is 0.296. The summed E-state index contributed by atoms with van der Waals surface area (Å²) in [7, 11) is 1.62. The van der Waals surface area contributed by atoms with Crippen LogP contribution in [0.5, 0.6) is 11.5 Å². The maximum absolute atomic E-state index is 13.6. The second kappa shape index (κ2) is 8.47. The van der Waals surface area contributed by atoms with Crippen molar-refractivity contribution in [1.29, 1.82) is 0 Å². The molecule has 0 radical (unpaired) electrons. The van der Waals surface area contributed by atoms with E-state index in [1.807, 2.05) is 80.6 Å². The number of rotatable bonds is 5. The molecule has 5 rings (SSSR count). The Morgan fingerprint density at radius 3 is 2.50 bits per heavy atom. The number of halogens is 3. The SMILES string of the molecule is COc1c(CN(C(=O)c2ccccc2)c2cccc(Br)c2)ccc2c1OC(C)(C)C1C2C1(Cl)Cl. The van der Waals surface area contributed by atoms with Gasteiger partial charge >= 0.3 is 0 Å². The van der Waals surface area contributed by atoms with Crippen LogP contribution in [0.1, 0.15) is 41.3 Å². The van der Waals surface area contributed by atoms with Gasteiger partial charge < -0.3 is 14.4 Å². The minimum atomic E-state index is -0.868. The third-order valence-electron chi connectivity index (χ3n) is 6.65. The summed E-state index contributed by atoms with van der Waals surface area (Å²) in [5, 5.41) is 0. The maximum atomic E-state index is 13.6. The van der Waals surface area contributed by atoms with Crippen LogP contribution >= 0.6 is 39.1 Å². The monoisotopic (exact) mass is 559 g/mol. The van der Waals surface area contributed by atoms with Gasteiger partial charge in [-0.2, -0.15) is 0 Å². The van der Waals surface area contributed by atoms with E-state index in [-0.39, 0.29) is 17.7 Å². The number of hydrogen-bond donors (Lipinski definition) is 0. The second-order valence-corrected chi connectivity index (χ2v) is 11.6. The molecule has 1 heterocycles. The van der Waals surface area contributed by atoms with Crippen LogP contribution < -0.4 is 14.4 Å². The number of carbonyl (C=O) groups is 1. The van der Waals surface area contributed by atoms with Crippen LogP contribution in [0.25, 0.3) is 0 Å². The minimum Gasteiger partial charge on any atom is -0.492 e. The number of nitrogens with zero attached hydrogens (tertiary/aromatic N) is 1. The van der Waals surface area contributed by atoms with E-state index < -0.39 is 9.93 Å². The molecule has 0 saturated heterocycles. The van der Waals surface area contributed by atoms with Gasteiger partial charge in [0.1, 0.15) is 9.93 Å². The third-order valence-corrected chi connectivity index (χ3v) is 8.08. The number of methoxy groups -OCH3 is 1. The fourth-order valence-electron chi connectivity index (χ4n) is 5.05. The van der Waals surface area contributed by atoms with Crippen molar-refractivity contribution < 1.29 is 14.3 Å². The number of carbonyl (C=O) groups excluding carboxylic acids is 1. The summed E-state index contributed by atoms with van der Waals surface area (Å²) < 4.78 is 12.3. The fourth-order valence-corrected chi connectivity index (χ4v) is 6.58. The molecule has 0 aromatic heterocycles. The Morgan fingerprint density at radius 2 is 1.82 bits per heavy atom. The average molecular weight is 561 g/mol. The largest absolute Gasteiger partial charge is 0.492 e. The Kier molecular flexibility index (Phi) is 5.86. The van der Waals surface area contributed by atoms with Crippen molar-refractivity contribution >= 4 is 50.7 Å². The van der Waals surface area contributed by atoms with Gasteiger partial charge in [-0.3, -0.25) is 4.79 Å². The summed E-state index contributed by atoms with van der Waals surface area (Å²) in [4.78, 5) is 15.3. The number of amides is 1. The van der Waals surface area contributed by atoms with Crippen molar-refractivity contribution in [3.05, 3.63) is 87.9 Å². The van der Waals surface area contributed by atoms with Crippen LogP contribution in [-0.2, 0) is 6.54 Å². The quantitative estimate of drug-likeness (QED) is 0.306. The zero-order valence-electron chi connectivity index (χ0n) is 19.0. The molecule has 1 amide bonds. The summed E-state index contributed by atoms with van der Waals surface area (Å²) in [5.74, 6) is 1.12. The maximum Gasteiger partial charge on any atom is 0.258 e. The third kappa shape index (κ3) is 3.88. The van der Waals surface area contributed by atoms with Gasteiger partial charge in [-0.25, -0.2) is 0 Å². The molecule has 2 aliphatic rings. The first-order chi connectivity index (χ1) is 16.1. The molecule has 176 valence electrons. The molecule has 1 fully saturated rings. The number of ether oxygens (including phenoxy) is 2. The van der Waals surface area contributed by atoms with E-state index in [0.29, 0.717) is 23.6 Å². The molecular weight excluding hydrogens is 537 g/mol. The topological polar surface area (TPSA) is 38.8 Å². The van der Waals surface area contributed by atoms with Crippen molar-refractivity contribution in [2.75, 3.05) is 12.0 Å². The Balaban J connectivity index is 1.58. The molecule has 7 heteroatoms. The Morgan fingerprint density at radius 1 is 1.09 bits per heavy atom. The number of fused-ring (bicyclic) bond motifs is 3. The lowest BCUT2D eigenvalue weighted by Crippen LogP contribution is -2.36. The predicted octanol–water partition coefficient (Wildman–Crippen LogP) is 7.36. The van der Waals surface area contributed by atoms with E-state index in [2.05, 4.69) is 15.9 Å². The molecule has 1 aliphatic carbocycles. The number of benzene rings is 3. The number of hydrogen-bond acceptors (Lipinski definition) is 3. The van der Waals surface area contributed by atoms with E-state index in [9.17, 15) is 4.79 Å². The van der Waals surface area contributed by atoms with Gasteiger partial charge in [-0.1, -0.05) is 52.3 Å². The molecule has 3 aromatic rings. The Labute approximate surface area is 217 Å². The van der Waals surface area contributed by atoms with Crippen molar-refractivity contribution in [2.45, 2.75) is 36.2 Å². The lowest BCUT2D eigenvalue weighted by atomic mass is 9.93. The van der Waals surface area contributed by atoms with Crippen molar-refractivity contribution in [1.82, 2.24) is 0 Å². The summed E-state index contributed by atoms with van der Waals surface area (Å²) in [6.45, 7) is 4.29. The lowest BCUT2D eigenvalue weighted by molar-refractivity contribution is 0.0666. The molecule has 3 aromatic carbocycles. The molecule has 0 spiro atoms. The van der Waals surface area contributed by atoms with Gasteiger partial charge in [-0.15, -0.1) is 23.2 Å². The van der Waals surface area contributed by atoms with Gasteiger partial charge in [0.15, 0.2) is 11.5 Å². The molecule has 0 bridgehead atoms. The highest BCUT2D eigenvalue weighted by molar-refractivity contribution is 9.10. The van der Waals surface area contributed by atoms with E-state index in [4.69, 9.17) is 32.7 Å². The highest BCUT2D eigenvalue weighted by Crippen LogP contribution is 2.73. The summed E-state index contributed by atoms with van der Waals surface area (Å²) in [6, 6.07) is 20.9. The second-order valence-electron chi connectivity index (χ2n) is 9.25. The summed E-state index contributed by atoms with van der Waals surface area (Å²) in [5.41, 5.74) is 2.60. The van der Waals surface area contributed by atoms with Crippen LogP contribution in [0.3, 0.4) is 0 Å². The van der Waals surface area contributed by atoms with Crippen molar-refractivity contribution in [3.63, 3.8) is 0 Å². The predicted molar refractivity (Wildman–Crippen MR) is 139 cm³/mol. The van der Waals surface area contributed by atoms with Crippen LogP contribution in [0, 0.1) is 5.92 Å². The minimum absolute atomic E-state index is 0.00390. The molecular formula is C27H24BrCl2NO3. The van der Waals surface area contributed by atoms with Crippen LogP contribution in [-0.4, -0.2) is 23.0 Å². The smallest absolute Gasteiger partial charge is 0.258 e. The van der Waals surface area contributed by atoms with Gasteiger partial charge in [0.2, 0.25) is 0 Å². The van der Waals surface area contributed by atoms with Crippen LogP contribution in [0.2, 0.25) is 0 Å². The van der Waals surface area contributed by atoms with E-state index in [0.717, 1.165) is 21.3 Å².